The minimum Gasteiger partial charge on any atom is -0.480 e. The van der Waals surface area contributed by atoms with Crippen LogP contribution in [0.5, 0.6) is 0 Å². The monoisotopic (exact) mass is 125 g/mol. The molecule has 1 saturated carbocycles. The smallest absolute Gasteiger partial charge is 0.328 e. The first-order chi connectivity index (χ1) is 4.27. The molecule has 0 saturated heterocycles. The molecule has 0 aromatic heterocycles. The molecule has 0 amide bonds. The number of aliphatic imine (C=N–C) groups is 1. The molecule has 9 heavy (non-hydrogen) atoms. The maximum Gasteiger partial charge on any atom is 0.328 e. The van der Waals surface area contributed by atoms with Gasteiger partial charge < -0.3 is 5.11 Å². The molecule has 2 aliphatic rings. The molecule has 2 atom stereocenters. The van der Waals surface area contributed by atoms with Crippen molar-refractivity contribution in [2.75, 3.05) is 0 Å². The normalized spacial score (nSPS) is 37.6. The van der Waals surface area contributed by atoms with Gasteiger partial charge in [0, 0.05) is 11.6 Å². The van der Waals surface area contributed by atoms with Crippen LogP contribution in [-0.4, -0.2) is 22.8 Å². The quantitative estimate of drug-likeness (QED) is 0.548. The van der Waals surface area contributed by atoms with Gasteiger partial charge in [-0.3, -0.25) is 4.99 Å². The molecular formula is C6H7NO2. The summed E-state index contributed by atoms with van der Waals surface area (Å²) in [5.41, 5.74) is 1.13. The van der Waals surface area contributed by atoms with Crippen molar-refractivity contribution in [1.82, 2.24) is 0 Å². The van der Waals surface area contributed by atoms with Gasteiger partial charge in [0.25, 0.3) is 0 Å². The Kier molecular flexibility index (Phi) is 0.743. The Morgan fingerprint density at radius 3 is 2.89 bits per heavy atom. The van der Waals surface area contributed by atoms with Crippen molar-refractivity contribution >= 4 is 11.7 Å². The zero-order valence-corrected chi connectivity index (χ0v) is 4.87. The molecule has 3 heteroatoms. The largest absolute Gasteiger partial charge is 0.480 e. The minimum absolute atomic E-state index is 0.404. The molecule has 1 heterocycles. The molecule has 1 aliphatic carbocycles. The van der Waals surface area contributed by atoms with Crippen LogP contribution < -0.4 is 0 Å². The highest BCUT2D eigenvalue weighted by molar-refractivity contribution is 6.04. The van der Waals surface area contributed by atoms with E-state index >= 15 is 0 Å². The molecule has 48 valence electrons. The summed E-state index contributed by atoms with van der Waals surface area (Å²) < 4.78 is 0. The highest BCUT2D eigenvalue weighted by Crippen LogP contribution is 2.38. The summed E-state index contributed by atoms with van der Waals surface area (Å²) in [6, 6.07) is -0.404. The molecule has 1 N–H and O–H groups in total. The molecule has 3 nitrogen and oxygen atoms in total. The van der Waals surface area contributed by atoms with Gasteiger partial charge in [-0.1, -0.05) is 0 Å². The van der Waals surface area contributed by atoms with Crippen LogP contribution in [0.4, 0.5) is 0 Å². The molecule has 1 aliphatic heterocycles. The highest BCUT2D eigenvalue weighted by Gasteiger charge is 2.42. The second kappa shape index (κ2) is 1.35. The van der Waals surface area contributed by atoms with Crippen molar-refractivity contribution in [2.45, 2.75) is 18.9 Å². The van der Waals surface area contributed by atoms with E-state index < -0.39 is 12.0 Å². The Bertz CT molecular complexity index is 197. The van der Waals surface area contributed by atoms with Gasteiger partial charge in [-0.25, -0.2) is 4.79 Å². The number of carboxylic acids is 1. The van der Waals surface area contributed by atoms with Crippen LogP contribution >= 0.6 is 0 Å². The van der Waals surface area contributed by atoms with Gasteiger partial charge in [0.1, 0.15) is 6.04 Å². The van der Waals surface area contributed by atoms with Crippen LogP contribution in [-0.2, 0) is 4.79 Å². The first-order valence-electron chi connectivity index (χ1n) is 3.07. The van der Waals surface area contributed by atoms with Gasteiger partial charge in [0.2, 0.25) is 0 Å². The third kappa shape index (κ3) is 0.642. The average molecular weight is 125 g/mol. The van der Waals surface area contributed by atoms with Crippen molar-refractivity contribution in [3.8, 4) is 0 Å². The fraction of sp³-hybridized carbons (Fsp3) is 0.667. The predicted octanol–water partition coefficient (Wildman–Crippen LogP) is 0.304. The molecule has 2 unspecified atom stereocenters. The molecule has 0 spiro atoms. The fourth-order valence-electron chi connectivity index (χ4n) is 1.25. The Balaban J connectivity index is 2.12. The maximum absolute atomic E-state index is 10.3. The van der Waals surface area contributed by atoms with Gasteiger partial charge in [0.15, 0.2) is 0 Å². The first kappa shape index (κ1) is 4.97. The number of nitrogens with zero attached hydrogens (tertiary/aromatic N) is 1. The van der Waals surface area contributed by atoms with Crippen molar-refractivity contribution < 1.29 is 9.90 Å². The van der Waals surface area contributed by atoms with E-state index in [0.717, 1.165) is 18.6 Å². The van der Waals surface area contributed by atoms with Crippen molar-refractivity contribution in [3.63, 3.8) is 0 Å². The van der Waals surface area contributed by atoms with Crippen molar-refractivity contribution in [2.24, 2.45) is 10.9 Å². The van der Waals surface area contributed by atoms with Crippen LogP contribution in [0.2, 0.25) is 0 Å². The third-order valence-electron chi connectivity index (χ3n) is 1.88. The van der Waals surface area contributed by atoms with Crippen molar-refractivity contribution in [1.29, 1.82) is 0 Å². The van der Waals surface area contributed by atoms with E-state index in [9.17, 15) is 4.79 Å². The van der Waals surface area contributed by atoms with E-state index in [1.54, 1.807) is 0 Å². The summed E-state index contributed by atoms with van der Waals surface area (Å²) in [7, 11) is 0. The van der Waals surface area contributed by atoms with Gasteiger partial charge in [-0.05, 0) is 12.8 Å². The lowest BCUT2D eigenvalue weighted by Gasteiger charge is -1.98. The molecule has 0 aromatic carbocycles. The van der Waals surface area contributed by atoms with E-state index in [1.165, 1.54) is 0 Å². The summed E-state index contributed by atoms with van der Waals surface area (Å²) in [6.45, 7) is 0. The molecule has 1 fully saturated rings. The maximum atomic E-state index is 10.3. The second-order valence-electron chi connectivity index (χ2n) is 2.61. The third-order valence-corrected chi connectivity index (χ3v) is 1.88. The summed E-state index contributed by atoms with van der Waals surface area (Å²) in [4.78, 5) is 14.2. The Labute approximate surface area is 52.4 Å². The number of rotatable bonds is 1. The van der Waals surface area contributed by atoms with Crippen LogP contribution in [0.25, 0.3) is 0 Å². The molecular weight excluding hydrogens is 118 g/mol. The summed E-state index contributed by atoms with van der Waals surface area (Å²) in [5, 5.41) is 8.44. The summed E-state index contributed by atoms with van der Waals surface area (Å²) >= 11 is 0. The Morgan fingerprint density at radius 1 is 1.78 bits per heavy atom. The van der Waals surface area contributed by atoms with E-state index in [2.05, 4.69) is 4.99 Å². The molecule has 0 bridgehead atoms. The lowest BCUT2D eigenvalue weighted by molar-refractivity contribution is -0.138. The fourth-order valence-corrected chi connectivity index (χ4v) is 1.25. The summed E-state index contributed by atoms with van der Waals surface area (Å²) in [5.74, 6) is -0.221. The Morgan fingerprint density at radius 2 is 2.56 bits per heavy atom. The van der Waals surface area contributed by atoms with Gasteiger partial charge in [-0.2, -0.15) is 0 Å². The molecule has 0 radical (unpaired) electrons. The number of fused-ring (bicyclic) bond motifs is 1. The molecule has 0 aromatic rings. The van der Waals surface area contributed by atoms with E-state index in [4.69, 9.17) is 5.11 Å². The zero-order valence-electron chi connectivity index (χ0n) is 4.87. The number of hydrogen-bond acceptors (Lipinski definition) is 2. The number of aliphatic carboxylic acids is 1. The van der Waals surface area contributed by atoms with Crippen LogP contribution in [0.15, 0.2) is 4.99 Å². The Hall–Kier alpha value is -0.860. The highest BCUT2D eigenvalue weighted by atomic mass is 16.4. The van der Waals surface area contributed by atoms with Gasteiger partial charge in [0.05, 0.1) is 0 Å². The van der Waals surface area contributed by atoms with Crippen LogP contribution in [0.3, 0.4) is 0 Å². The van der Waals surface area contributed by atoms with Crippen LogP contribution in [0.1, 0.15) is 12.8 Å². The van der Waals surface area contributed by atoms with E-state index in [0.29, 0.717) is 5.92 Å². The number of hydrogen-bond donors (Lipinski definition) is 1. The average Bonchev–Trinajstić information content (AvgIpc) is 2.40. The van der Waals surface area contributed by atoms with Crippen LogP contribution in [0, 0.1) is 5.92 Å². The molecule has 2 rings (SSSR count). The van der Waals surface area contributed by atoms with E-state index in [-0.39, 0.29) is 0 Å². The second-order valence-corrected chi connectivity index (χ2v) is 2.61. The minimum atomic E-state index is -0.769. The predicted molar refractivity (Wildman–Crippen MR) is 31.6 cm³/mol. The first-order valence-corrected chi connectivity index (χ1v) is 3.07. The van der Waals surface area contributed by atoms with E-state index in [1.807, 2.05) is 0 Å². The SMILES string of the molecule is O=C(O)C1CC2CC2=N1. The number of carbonyl (C=O) groups is 1. The summed E-state index contributed by atoms with van der Waals surface area (Å²) in [6.07, 6.45) is 1.81. The van der Waals surface area contributed by atoms with Gasteiger partial charge >= 0.3 is 5.97 Å². The van der Waals surface area contributed by atoms with Crippen molar-refractivity contribution in [3.05, 3.63) is 0 Å². The number of carboxylic acid groups (broad SMARTS) is 1. The standard InChI is InChI=1S/C6H7NO2/c8-6(9)5-2-3-1-4(3)7-5/h3,5H,1-2H2,(H,8,9). The zero-order chi connectivity index (χ0) is 6.43. The van der Waals surface area contributed by atoms with Gasteiger partial charge in [-0.15, -0.1) is 0 Å². The lowest BCUT2D eigenvalue weighted by Crippen LogP contribution is -2.15. The lowest BCUT2D eigenvalue weighted by atomic mass is 10.2. The topological polar surface area (TPSA) is 49.7 Å².